The number of esters is 1. The third-order valence-corrected chi connectivity index (χ3v) is 5.18. The summed E-state index contributed by atoms with van der Waals surface area (Å²) in [5, 5.41) is 2.04. The molecule has 1 aliphatic rings. The van der Waals surface area contributed by atoms with E-state index in [1.165, 1.54) is 6.20 Å². The average Bonchev–Trinajstić information content (AvgIpc) is 2.71. The number of nitrogens with zero attached hydrogens (tertiary/aromatic N) is 1. The highest BCUT2D eigenvalue weighted by Crippen LogP contribution is 2.23. The van der Waals surface area contributed by atoms with Gasteiger partial charge in [0.05, 0.1) is 12.2 Å². The Bertz CT molecular complexity index is 638. The fourth-order valence-corrected chi connectivity index (χ4v) is 3.77. The Morgan fingerprint density at radius 2 is 2.29 bits per heavy atom. The van der Waals surface area contributed by atoms with E-state index in [9.17, 15) is 13.2 Å². The summed E-state index contributed by atoms with van der Waals surface area (Å²) >= 11 is 0. The van der Waals surface area contributed by atoms with Gasteiger partial charge in [-0.05, 0) is 24.5 Å². The molecule has 0 radical (unpaired) electrons. The minimum Gasteiger partial charge on any atom is -0.462 e. The number of fused-ring (bicyclic) bond motifs is 1. The Labute approximate surface area is 101 Å². The summed E-state index contributed by atoms with van der Waals surface area (Å²) in [5.74, 6) is -0.453. The van der Waals surface area contributed by atoms with Gasteiger partial charge in [-0.2, -0.15) is 8.42 Å². The molecule has 1 aromatic rings. The summed E-state index contributed by atoms with van der Waals surface area (Å²) in [4.78, 5) is 15.5. The number of rotatable bonds is 2. The van der Waals surface area contributed by atoms with Gasteiger partial charge < -0.3 is 4.74 Å². The first kappa shape index (κ1) is 12.0. The van der Waals surface area contributed by atoms with E-state index in [4.69, 9.17) is 4.74 Å². The molecule has 0 spiro atoms. The first-order valence-corrected chi connectivity index (χ1v) is 7.69. The van der Waals surface area contributed by atoms with E-state index in [-0.39, 0.29) is 0 Å². The Balaban J connectivity index is 2.46. The number of ether oxygens (including phenoxy) is 1. The zero-order chi connectivity index (χ0) is 12.4. The molecule has 5 nitrogen and oxygen atoms in total. The number of pyridine rings is 1. The lowest BCUT2D eigenvalue weighted by Crippen LogP contribution is -2.06. The second kappa shape index (κ2) is 4.80. The van der Waals surface area contributed by atoms with Gasteiger partial charge in [0, 0.05) is 21.2 Å². The molecular formula is C10H9NO4S2. The summed E-state index contributed by atoms with van der Waals surface area (Å²) < 4.78 is 26.7. The van der Waals surface area contributed by atoms with E-state index >= 15 is 0 Å². The van der Waals surface area contributed by atoms with Crippen molar-refractivity contribution in [3.05, 3.63) is 28.8 Å². The van der Waals surface area contributed by atoms with Crippen LogP contribution >= 0.6 is 0 Å². The van der Waals surface area contributed by atoms with Gasteiger partial charge in [-0.15, -0.1) is 0 Å². The highest BCUT2D eigenvalue weighted by molar-refractivity contribution is 8.35. The van der Waals surface area contributed by atoms with Crippen LogP contribution in [0.25, 0.3) is 6.08 Å². The summed E-state index contributed by atoms with van der Waals surface area (Å²) in [6.45, 7) is 2.01. The summed E-state index contributed by atoms with van der Waals surface area (Å²) in [6, 6.07) is 1.59. The molecule has 0 aliphatic carbocycles. The lowest BCUT2D eigenvalue weighted by Gasteiger charge is -2.03. The molecule has 0 bridgehead atoms. The molecule has 2 heterocycles. The van der Waals surface area contributed by atoms with Crippen LogP contribution in [0, 0.1) is 0 Å². The van der Waals surface area contributed by atoms with Crippen LogP contribution in [0.15, 0.2) is 22.7 Å². The van der Waals surface area contributed by atoms with Gasteiger partial charge in [-0.25, -0.2) is 9.78 Å². The molecule has 0 fully saturated rings. The van der Waals surface area contributed by atoms with Crippen molar-refractivity contribution in [2.75, 3.05) is 6.61 Å². The molecule has 2 rings (SSSR count). The Morgan fingerprint density at radius 3 is 2.94 bits per heavy atom. The third-order valence-electron chi connectivity index (χ3n) is 2.10. The van der Waals surface area contributed by atoms with Crippen LogP contribution in [0.5, 0.6) is 0 Å². The van der Waals surface area contributed by atoms with Gasteiger partial charge in [-0.1, -0.05) is 0 Å². The summed E-state index contributed by atoms with van der Waals surface area (Å²) in [5.41, 5.74) is 0.987. The second-order valence-corrected chi connectivity index (χ2v) is 6.70. The van der Waals surface area contributed by atoms with Crippen molar-refractivity contribution >= 4 is 30.8 Å². The Hall–Kier alpha value is -1.47. The van der Waals surface area contributed by atoms with Crippen molar-refractivity contribution in [1.29, 1.82) is 0 Å². The molecule has 1 aliphatic heterocycles. The van der Waals surface area contributed by atoms with Crippen molar-refractivity contribution in [1.82, 2.24) is 4.98 Å². The zero-order valence-corrected chi connectivity index (χ0v) is 10.5. The molecule has 0 saturated heterocycles. The van der Waals surface area contributed by atoms with E-state index < -0.39 is 24.7 Å². The molecule has 0 N–H and O–H groups in total. The quantitative estimate of drug-likeness (QED) is 0.751. The summed E-state index contributed by atoms with van der Waals surface area (Å²) in [6.07, 6.45) is 3.00. The number of carbonyl (C=O) groups excluding carboxylic acids is 1. The second-order valence-electron chi connectivity index (χ2n) is 3.14. The highest BCUT2D eigenvalue weighted by Gasteiger charge is 2.17. The van der Waals surface area contributed by atoms with Crippen LogP contribution in [0.2, 0.25) is 0 Å². The molecular weight excluding hydrogens is 262 g/mol. The number of hydrogen-bond acceptors (Lipinski definition) is 5. The standard InChI is InChI=1S/C10H9NO4S2/c1-2-15-10(12)8-5-7-3-4-16(17(13)14)9(7)11-6-8/h3-6H,2H2,1H3. The lowest BCUT2D eigenvalue weighted by atomic mass is 10.2. The number of aromatic nitrogens is 1. The fourth-order valence-electron chi connectivity index (χ4n) is 1.39. The minimum absolute atomic E-state index is 0.292. The molecule has 90 valence electrons. The van der Waals surface area contributed by atoms with Crippen molar-refractivity contribution in [3.8, 4) is 0 Å². The minimum atomic E-state index is -2.21. The fraction of sp³-hybridized carbons (Fsp3) is 0.200. The van der Waals surface area contributed by atoms with Crippen LogP contribution in [0.1, 0.15) is 22.8 Å². The van der Waals surface area contributed by atoms with Crippen LogP contribution in [-0.4, -0.2) is 26.0 Å². The first-order chi connectivity index (χ1) is 8.13. The van der Waals surface area contributed by atoms with Gasteiger partial charge in [0.25, 0.3) is 9.26 Å². The molecule has 17 heavy (non-hydrogen) atoms. The van der Waals surface area contributed by atoms with E-state index in [2.05, 4.69) is 4.98 Å². The normalized spacial score (nSPS) is 16.6. The van der Waals surface area contributed by atoms with Gasteiger partial charge in [0.2, 0.25) is 0 Å². The highest BCUT2D eigenvalue weighted by atomic mass is 32.9. The van der Waals surface area contributed by atoms with Gasteiger partial charge in [0.15, 0.2) is 0 Å². The van der Waals surface area contributed by atoms with E-state index in [0.29, 0.717) is 22.8 Å². The average molecular weight is 271 g/mol. The SMILES string of the molecule is CCOC(=O)c1cnc2c(c1)C=CS2=S(=O)=O. The molecule has 1 unspecified atom stereocenters. The maximum Gasteiger partial charge on any atom is 0.339 e. The summed E-state index contributed by atoms with van der Waals surface area (Å²) in [7, 11) is -3.22. The molecule has 0 saturated carbocycles. The van der Waals surface area contributed by atoms with Gasteiger partial charge >= 0.3 is 5.97 Å². The van der Waals surface area contributed by atoms with E-state index in [1.807, 2.05) is 0 Å². The zero-order valence-electron chi connectivity index (χ0n) is 8.91. The predicted molar refractivity (Wildman–Crippen MR) is 63.8 cm³/mol. The van der Waals surface area contributed by atoms with Gasteiger partial charge in [-0.3, -0.25) is 0 Å². The van der Waals surface area contributed by atoms with Crippen molar-refractivity contribution in [3.63, 3.8) is 0 Å². The van der Waals surface area contributed by atoms with Crippen LogP contribution in [-0.2, 0) is 23.5 Å². The van der Waals surface area contributed by atoms with E-state index in [1.54, 1.807) is 24.5 Å². The molecule has 1 atom stereocenters. The molecule has 0 amide bonds. The topological polar surface area (TPSA) is 73.3 Å². The predicted octanol–water partition coefficient (Wildman–Crippen LogP) is 1.01. The molecule has 1 aromatic heterocycles. The third kappa shape index (κ3) is 2.29. The number of carbonyl (C=O) groups is 1. The maximum atomic E-state index is 11.5. The van der Waals surface area contributed by atoms with E-state index in [0.717, 1.165) is 0 Å². The van der Waals surface area contributed by atoms with Crippen molar-refractivity contribution in [2.45, 2.75) is 11.9 Å². The smallest absolute Gasteiger partial charge is 0.339 e. The Kier molecular flexibility index (Phi) is 3.39. The molecule has 7 heteroatoms. The van der Waals surface area contributed by atoms with Crippen LogP contribution < -0.4 is 0 Å². The van der Waals surface area contributed by atoms with Crippen LogP contribution in [0.4, 0.5) is 0 Å². The monoisotopic (exact) mass is 271 g/mol. The maximum absolute atomic E-state index is 11.5. The van der Waals surface area contributed by atoms with Gasteiger partial charge in [0.1, 0.15) is 5.03 Å². The van der Waals surface area contributed by atoms with Crippen molar-refractivity contribution < 1.29 is 17.9 Å². The van der Waals surface area contributed by atoms with Crippen LogP contribution in [0.3, 0.4) is 0 Å². The first-order valence-electron chi connectivity index (χ1n) is 4.81. The Morgan fingerprint density at radius 1 is 1.53 bits per heavy atom. The molecule has 0 aromatic carbocycles. The largest absolute Gasteiger partial charge is 0.462 e. The van der Waals surface area contributed by atoms with Crippen molar-refractivity contribution in [2.24, 2.45) is 0 Å². The number of hydrogen-bond donors (Lipinski definition) is 0. The lowest BCUT2D eigenvalue weighted by molar-refractivity contribution is 0.0525.